The van der Waals surface area contributed by atoms with E-state index in [4.69, 9.17) is 33.2 Å². The first-order valence-corrected chi connectivity index (χ1v) is 37.0. The average Bonchev–Trinajstić information content (AvgIpc) is 1.09. The number of unbranched alkanes of at least 4 members (excludes halogenated alkanes) is 15. The molecule has 4 aliphatic rings. The fraction of sp³-hybridized carbons (Fsp3) is 0.868. The number of carbonyl (C=O) groups is 9. The minimum atomic E-state index is -1.47. The van der Waals surface area contributed by atoms with Crippen LogP contribution < -0.4 is 47.9 Å². The molecule has 20 N–H and O–H groups in total. The molecule has 600 valence electrons. The van der Waals surface area contributed by atoms with Crippen molar-refractivity contribution in [3.8, 4) is 0 Å². The second-order valence-electron chi connectivity index (χ2n) is 27.1. The molecule has 4 heterocycles. The molecule has 4 saturated heterocycles. The summed E-state index contributed by atoms with van der Waals surface area (Å²) in [6.07, 6.45) is -6.45. The molecule has 0 aliphatic carbocycles. The van der Waals surface area contributed by atoms with Crippen LogP contribution in [0.4, 0.5) is 0 Å². The van der Waals surface area contributed by atoms with Crippen molar-refractivity contribution in [2.24, 2.45) is 0 Å². The van der Waals surface area contributed by atoms with Crippen LogP contribution in [-0.4, -0.2) is 304 Å². The first-order valence-electron chi connectivity index (χ1n) is 37.0. The Morgan fingerprint density at radius 3 is 1.04 bits per heavy atom. The van der Waals surface area contributed by atoms with Gasteiger partial charge in [0, 0.05) is 92.5 Å². The number of rotatable bonds is 52. The molecule has 36 heteroatoms. The Bertz CT molecular complexity index is 2540. The Labute approximate surface area is 607 Å². The molecule has 0 aromatic rings. The molecule has 4 fully saturated rings. The molecule has 0 saturated carbocycles. The van der Waals surface area contributed by atoms with Crippen LogP contribution in [0.3, 0.4) is 0 Å². The Hall–Kier alpha value is -5.49. The third-order valence-electron chi connectivity index (χ3n) is 18.4. The van der Waals surface area contributed by atoms with Gasteiger partial charge in [-0.3, -0.25) is 43.2 Å². The topological polar surface area (TPSA) is 549 Å². The van der Waals surface area contributed by atoms with E-state index in [1.165, 1.54) is 20.8 Å². The largest absolute Gasteiger partial charge is 0.394 e. The summed E-state index contributed by atoms with van der Waals surface area (Å²) >= 11 is 0. The van der Waals surface area contributed by atoms with Crippen LogP contribution in [0.1, 0.15) is 181 Å². The number of hydrogen-bond donors (Lipinski definition) is 20. The van der Waals surface area contributed by atoms with Crippen molar-refractivity contribution in [3.63, 3.8) is 0 Å². The van der Waals surface area contributed by atoms with Crippen molar-refractivity contribution in [2.75, 3.05) is 72.4 Å². The van der Waals surface area contributed by atoms with Gasteiger partial charge in [0.25, 0.3) is 0 Å². The summed E-state index contributed by atoms with van der Waals surface area (Å²) in [5, 5.41) is 135. The van der Waals surface area contributed by atoms with Crippen LogP contribution in [0, 0.1) is 0 Å². The zero-order valence-corrected chi connectivity index (χ0v) is 60.5. The molecule has 9 amide bonds. The van der Waals surface area contributed by atoms with Crippen molar-refractivity contribution in [1.29, 1.82) is 0 Å². The molecule has 4 aliphatic heterocycles. The van der Waals surface area contributed by atoms with Gasteiger partial charge in [-0.05, 0) is 64.2 Å². The van der Waals surface area contributed by atoms with Crippen LogP contribution in [-0.2, 0) is 76.3 Å². The number of nitrogens with one attached hydrogen (secondary N) is 9. The second-order valence-corrected chi connectivity index (χ2v) is 27.1. The molecule has 0 spiro atoms. The summed E-state index contributed by atoms with van der Waals surface area (Å²) in [6.45, 7) is 3.04. The molecule has 4 rings (SSSR count). The van der Waals surface area contributed by atoms with E-state index < -0.39 is 189 Å². The Morgan fingerprint density at radius 1 is 0.365 bits per heavy atom. The number of carbonyl (C=O) groups excluding carboxylic acids is 9. The fourth-order valence-electron chi connectivity index (χ4n) is 12.5. The summed E-state index contributed by atoms with van der Waals surface area (Å²) in [6, 6.07) is -5.63. The zero-order valence-electron chi connectivity index (χ0n) is 60.5. The highest BCUT2D eigenvalue weighted by molar-refractivity contribution is 5.90. The fourth-order valence-corrected chi connectivity index (χ4v) is 12.5. The standard InChI is InChI=1S/C68H121N9O27/c1-40(82)73-54-60(92)57(89)48(37-79)102-66(54)98-32-20-12-9-16-28-69-51(86)26-24-43(63(95)70-29-18-10-13-21-33-99-67-55(74-41(2)83)61(93)58(90)49(38-80)103-67)77-53(88)27-25-44(76-52(87)23-15-7-5-4-6-8-17-31-72-65(97)46-35-45(85)47(36-78)101-46)64(96)71-30-19-11-14-22-34-100-68-56(75-42(3)84)62(94)59(91)50(39-81)104-68/h43-50,54-62,66-68,78-81,85,89-94H,4-39H2,1-3H3,(H,69,86)(H,70,95)(H,71,96)(H,72,97)(H,73,82)(H,74,83)(H,75,84)(H,76,87)(H,77,88)/t43?,44?,45-,46+,47+,48?,49?,50?,54?,55?,56?,57?,58?,59?,60?,61?,62?,66?,67?,68?/m0/s1. The van der Waals surface area contributed by atoms with Gasteiger partial charge in [-0.15, -0.1) is 0 Å². The van der Waals surface area contributed by atoms with Crippen LogP contribution in [0.5, 0.6) is 0 Å². The third kappa shape index (κ3) is 33.3. The third-order valence-corrected chi connectivity index (χ3v) is 18.4. The van der Waals surface area contributed by atoms with E-state index in [0.29, 0.717) is 96.4 Å². The van der Waals surface area contributed by atoms with Gasteiger partial charge in [0.1, 0.15) is 97.4 Å². The maximum atomic E-state index is 13.9. The normalized spacial score (nSPS) is 28.1. The minimum absolute atomic E-state index is 0.0907. The predicted molar refractivity (Wildman–Crippen MR) is 367 cm³/mol. The molecule has 17 unspecified atom stereocenters. The van der Waals surface area contributed by atoms with E-state index in [1.54, 1.807) is 0 Å². The summed E-state index contributed by atoms with van der Waals surface area (Å²) in [4.78, 5) is 116. The molecule has 20 atom stereocenters. The molecular weight excluding hydrogens is 1370 g/mol. The Morgan fingerprint density at radius 2 is 0.683 bits per heavy atom. The average molecular weight is 1500 g/mol. The van der Waals surface area contributed by atoms with Crippen molar-refractivity contribution in [1.82, 2.24) is 47.9 Å². The highest BCUT2D eigenvalue weighted by atomic mass is 16.7. The maximum Gasteiger partial charge on any atom is 0.249 e. The minimum Gasteiger partial charge on any atom is -0.394 e. The zero-order chi connectivity index (χ0) is 76.5. The van der Waals surface area contributed by atoms with Crippen LogP contribution in [0.25, 0.3) is 0 Å². The summed E-state index contributed by atoms with van der Waals surface area (Å²) < 4.78 is 39.6. The lowest BCUT2D eigenvalue weighted by Gasteiger charge is -2.42. The van der Waals surface area contributed by atoms with Gasteiger partial charge in [-0.25, -0.2) is 0 Å². The lowest BCUT2D eigenvalue weighted by Crippen LogP contribution is -2.64. The smallest absolute Gasteiger partial charge is 0.249 e. The summed E-state index contributed by atoms with van der Waals surface area (Å²) in [5.74, 6) is -4.38. The lowest BCUT2D eigenvalue weighted by molar-refractivity contribution is -0.270. The van der Waals surface area contributed by atoms with Gasteiger partial charge < -0.3 is 137 Å². The number of aliphatic hydroxyl groups excluding tert-OH is 11. The number of amides is 9. The van der Waals surface area contributed by atoms with E-state index in [0.717, 1.165) is 32.1 Å². The van der Waals surface area contributed by atoms with E-state index in [1.807, 2.05) is 0 Å². The van der Waals surface area contributed by atoms with Crippen molar-refractivity contribution < 1.29 is 132 Å². The van der Waals surface area contributed by atoms with Gasteiger partial charge in [0.05, 0.1) is 32.5 Å². The molecule has 0 bridgehead atoms. The monoisotopic (exact) mass is 1500 g/mol. The number of aliphatic hydroxyl groups is 11. The molecule has 36 nitrogen and oxygen atoms in total. The van der Waals surface area contributed by atoms with Gasteiger partial charge in [-0.1, -0.05) is 70.6 Å². The van der Waals surface area contributed by atoms with Gasteiger partial charge >= 0.3 is 0 Å². The highest BCUT2D eigenvalue weighted by Crippen LogP contribution is 2.27. The van der Waals surface area contributed by atoms with Crippen LogP contribution >= 0.6 is 0 Å². The maximum absolute atomic E-state index is 13.9. The summed E-state index contributed by atoms with van der Waals surface area (Å²) in [7, 11) is 0. The van der Waals surface area contributed by atoms with Crippen molar-refractivity contribution in [3.05, 3.63) is 0 Å². The SMILES string of the molecule is CC(=O)NC1C(OCCCCCCNC(=O)CCC(NC(=O)CCC(NC(=O)CCCCCCCCCNC(=O)[C@H]2C[C@H](O)[C@@H](CO)O2)C(=O)NCCCCCCOC2OC(CO)C(O)C(O)C2NC(C)=O)C(=O)NCCCCCCOC2OC(CO)C(O)C(O)C2NC(C)=O)OC(CO)C(O)C1O. The first kappa shape index (κ1) is 90.9. The van der Waals surface area contributed by atoms with Crippen molar-refractivity contribution in [2.45, 2.75) is 304 Å². The quantitative estimate of drug-likeness (QED) is 0.0254. The lowest BCUT2D eigenvalue weighted by atomic mass is 9.97. The van der Waals surface area contributed by atoms with E-state index >= 15 is 0 Å². The van der Waals surface area contributed by atoms with E-state index in [9.17, 15) is 99.3 Å². The second kappa shape index (κ2) is 51.0. The Kier molecular flexibility index (Phi) is 44.5. The van der Waals surface area contributed by atoms with Gasteiger partial charge in [-0.2, -0.15) is 0 Å². The van der Waals surface area contributed by atoms with Gasteiger partial charge in [0.15, 0.2) is 18.9 Å². The van der Waals surface area contributed by atoms with Crippen LogP contribution in [0.15, 0.2) is 0 Å². The van der Waals surface area contributed by atoms with Crippen molar-refractivity contribution >= 4 is 53.2 Å². The van der Waals surface area contributed by atoms with E-state index in [2.05, 4.69) is 47.9 Å². The summed E-state index contributed by atoms with van der Waals surface area (Å²) in [5.41, 5.74) is 0. The molecule has 104 heavy (non-hydrogen) atoms. The number of hydrogen-bond acceptors (Lipinski definition) is 27. The molecule has 0 aromatic heterocycles. The van der Waals surface area contributed by atoms with Gasteiger partial charge in [0.2, 0.25) is 53.2 Å². The Balaban J connectivity index is 1.31. The first-order chi connectivity index (χ1) is 49.8. The predicted octanol–water partition coefficient (Wildman–Crippen LogP) is -4.83. The molecular formula is C68H121N9O27. The molecule has 0 aromatic carbocycles. The molecule has 0 radical (unpaired) electrons. The van der Waals surface area contributed by atoms with E-state index in [-0.39, 0.29) is 90.5 Å². The number of ether oxygens (including phenoxy) is 7. The highest BCUT2D eigenvalue weighted by Gasteiger charge is 2.48. The van der Waals surface area contributed by atoms with Crippen LogP contribution in [0.2, 0.25) is 0 Å².